The summed E-state index contributed by atoms with van der Waals surface area (Å²) in [7, 11) is 0. The summed E-state index contributed by atoms with van der Waals surface area (Å²) < 4.78 is 14.9. The first-order valence-corrected chi connectivity index (χ1v) is 9.36. The number of benzene rings is 2. The van der Waals surface area contributed by atoms with Gasteiger partial charge in [0.1, 0.15) is 5.82 Å². The molecule has 3 rings (SSSR count). The smallest absolute Gasteiger partial charge is 0.251 e. The molecule has 0 saturated carbocycles. The van der Waals surface area contributed by atoms with Crippen molar-refractivity contribution in [1.82, 2.24) is 20.4 Å². The van der Waals surface area contributed by atoms with Crippen LogP contribution in [0.25, 0.3) is 5.69 Å². The highest BCUT2D eigenvalue weighted by Gasteiger charge is 2.16. The van der Waals surface area contributed by atoms with Crippen molar-refractivity contribution in [3.05, 3.63) is 82.9 Å². The van der Waals surface area contributed by atoms with Crippen molar-refractivity contribution in [3.8, 4) is 5.69 Å². The maximum Gasteiger partial charge on any atom is 0.251 e. The zero-order chi connectivity index (χ0) is 20.8. The normalized spacial score (nSPS) is 10.6. The number of halogens is 1. The summed E-state index contributed by atoms with van der Waals surface area (Å²) in [6.07, 6.45) is 0.186. The van der Waals surface area contributed by atoms with Crippen molar-refractivity contribution in [2.45, 2.75) is 20.3 Å². The van der Waals surface area contributed by atoms with Gasteiger partial charge in [-0.1, -0.05) is 18.2 Å². The van der Waals surface area contributed by atoms with Crippen molar-refractivity contribution in [2.24, 2.45) is 0 Å². The molecule has 2 amide bonds. The van der Waals surface area contributed by atoms with Crippen LogP contribution in [0.4, 0.5) is 4.39 Å². The van der Waals surface area contributed by atoms with Crippen LogP contribution in [0.15, 0.2) is 54.6 Å². The Kier molecular flexibility index (Phi) is 6.39. The van der Waals surface area contributed by atoms with Crippen LogP contribution in [0.2, 0.25) is 0 Å². The van der Waals surface area contributed by atoms with E-state index in [0.717, 1.165) is 22.6 Å². The topological polar surface area (TPSA) is 76.0 Å². The molecule has 7 heteroatoms. The SMILES string of the molecule is Cc1nn(-c2ccc(F)cc2)c(C)c1CC(=O)NCCNC(=O)c1ccccc1. The Labute approximate surface area is 168 Å². The molecule has 2 N–H and O–H groups in total. The van der Waals surface area contributed by atoms with Crippen LogP contribution < -0.4 is 10.6 Å². The third-order valence-electron chi connectivity index (χ3n) is 4.62. The summed E-state index contributed by atoms with van der Waals surface area (Å²) in [5.74, 6) is -0.634. The number of aryl methyl sites for hydroxylation is 1. The maximum atomic E-state index is 13.1. The molecule has 0 unspecified atom stereocenters. The molecule has 0 aliphatic carbocycles. The van der Waals surface area contributed by atoms with Gasteiger partial charge in [-0.2, -0.15) is 5.10 Å². The second-order valence-corrected chi connectivity index (χ2v) is 6.69. The number of hydrogen-bond acceptors (Lipinski definition) is 3. The van der Waals surface area contributed by atoms with Gasteiger partial charge in [0.2, 0.25) is 5.91 Å². The van der Waals surface area contributed by atoms with Gasteiger partial charge in [-0.3, -0.25) is 9.59 Å². The van der Waals surface area contributed by atoms with Gasteiger partial charge in [0, 0.05) is 29.9 Å². The average Bonchev–Trinajstić information content (AvgIpc) is 3.00. The Balaban J connectivity index is 1.53. The van der Waals surface area contributed by atoms with E-state index >= 15 is 0 Å². The fraction of sp³-hybridized carbons (Fsp3) is 0.227. The molecule has 1 aromatic heterocycles. The van der Waals surface area contributed by atoms with Crippen LogP contribution in [-0.4, -0.2) is 34.7 Å². The fourth-order valence-electron chi connectivity index (χ4n) is 3.06. The molecular formula is C22H23FN4O2. The van der Waals surface area contributed by atoms with Crippen LogP contribution in [0.5, 0.6) is 0 Å². The van der Waals surface area contributed by atoms with Crippen LogP contribution in [-0.2, 0) is 11.2 Å². The van der Waals surface area contributed by atoms with Gasteiger partial charge in [-0.25, -0.2) is 9.07 Å². The quantitative estimate of drug-likeness (QED) is 0.605. The molecule has 0 fully saturated rings. The van der Waals surface area contributed by atoms with E-state index < -0.39 is 0 Å². The van der Waals surface area contributed by atoms with E-state index in [1.54, 1.807) is 41.1 Å². The van der Waals surface area contributed by atoms with E-state index in [1.807, 2.05) is 19.9 Å². The monoisotopic (exact) mass is 394 g/mol. The molecular weight excluding hydrogens is 371 g/mol. The first-order valence-electron chi connectivity index (χ1n) is 9.36. The first kappa shape index (κ1) is 20.3. The Morgan fingerprint density at radius 2 is 1.62 bits per heavy atom. The summed E-state index contributed by atoms with van der Waals surface area (Å²) in [5.41, 5.74) is 3.74. The molecule has 0 bridgehead atoms. The number of carbonyl (C=O) groups excluding carboxylic acids is 2. The zero-order valence-electron chi connectivity index (χ0n) is 16.4. The minimum atomic E-state index is -0.311. The number of amides is 2. The van der Waals surface area contributed by atoms with Gasteiger partial charge in [0.25, 0.3) is 5.91 Å². The van der Waals surface area contributed by atoms with Crippen molar-refractivity contribution in [3.63, 3.8) is 0 Å². The number of carbonyl (C=O) groups is 2. The number of nitrogens with zero attached hydrogens (tertiary/aromatic N) is 2. The van der Waals surface area contributed by atoms with Gasteiger partial charge < -0.3 is 10.6 Å². The molecule has 0 aliphatic rings. The van der Waals surface area contributed by atoms with Gasteiger partial charge in [0.15, 0.2) is 0 Å². The highest BCUT2D eigenvalue weighted by molar-refractivity contribution is 5.94. The zero-order valence-corrected chi connectivity index (χ0v) is 16.4. The molecule has 1 heterocycles. The molecule has 0 saturated heterocycles. The summed E-state index contributed by atoms with van der Waals surface area (Å²) in [5, 5.41) is 10.1. The minimum absolute atomic E-state index is 0.149. The van der Waals surface area contributed by atoms with Gasteiger partial charge in [-0.15, -0.1) is 0 Å². The molecule has 0 atom stereocenters. The molecule has 3 aromatic rings. The van der Waals surface area contributed by atoms with Gasteiger partial charge >= 0.3 is 0 Å². The number of nitrogens with one attached hydrogen (secondary N) is 2. The van der Waals surface area contributed by atoms with Crippen molar-refractivity contribution >= 4 is 11.8 Å². The van der Waals surface area contributed by atoms with Crippen LogP contribution in [0, 0.1) is 19.7 Å². The third-order valence-corrected chi connectivity index (χ3v) is 4.62. The minimum Gasteiger partial charge on any atom is -0.354 e. The van der Waals surface area contributed by atoms with Crippen molar-refractivity contribution in [2.75, 3.05) is 13.1 Å². The van der Waals surface area contributed by atoms with Gasteiger partial charge in [-0.05, 0) is 50.2 Å². The molecule has 0 aliphatic heterocycles. The molecule has 29 heavy (non-hydrogen) atoms. The lowest BCUT2D eigenvalue weighted by molar-refractivity contribution is -0.120. The van der Waals surface area contributed by atoms with Crippen LogP contribution in [0.3, 0.4) is 0 Å². The first-order chi connectivity index (χ1) is 14.0. The van der Waals surface area contributed by atoms with Crippen LogP contribution >= 0.6 is 0 Å². The van der Waals surface area contributed by atoms with E-state index in [9.17, 15) is 14.0 Å². The van der Waals surface area contributed by atoms with Crippen molar-refractivity contribution < 1.29 is 14.0 Å². The standard InChI is InChI=1S/C22H23FN4O2/c1-15-20(16(2)27(26-15)19-10-8-18(23)9-11-19)14-21(28)24-12-13-25-22(29)17-6-4-3-5-7-17/h3-11H,12-14H2,1-2H3,(H,24,28)(H,25,29). The van der Waals surface area contributed by atoms with Crippen LogP contribution in [0.1, 0.15) is 27.3 Å². The second-order valence-electron chi connectivity index (χ2n) is 6.69. The van der Waals surface area contributed by atoms with E-state index in [4.69, 9.17) is 0 Å². The predicted molar refractivity (Wildman–Crippen MR) is 108 cm³/mol. The maximum absolute atomic E-state index is 13.1. The summed E-state index contributed by atoms with van der Waals surface area (Å²) in [4.78, 5) is 24.3. The molecule has 0 radical (unpaired) electrons. The van der Waals surface area contributed by atoms with Crippen molar-refractivity contribution in [1.29, 1.82) is 0 Å². The summed E-state index contributed by atoms with van der Waals surface area (Å²) in [6.45, 7) is 4.40. The lowest BCUT2D eigenvalue weighted by Gasteiger charge is -2.08. The highest BCUT2D eigenvalue weighted by atomic mass is 19.1. The Morgan fingerprint density at radius 3 is 2.31 bits per heavy atom. The Bertz CT molecular complexity index is 998. The molecule has 6 nitrogen and oxygen atoms in total. The van der Waals surface area contributed by atoms with E-state index in [2.05, 4.69) is 15.7 Å². The number of hydrogen-bond donors (Lipinski definition) is 2. The molecule has 2 aromatic carbocycles. The third kappa shape index (κ3) is 5.07. The number of aromatic nitrogens is 2. The average molecular weight is 394 g/mol. The second kappa shape index (κ2) is 9.14. The molecule has 0 spiro atoms. The fourth-order valence-corrected chi connectivity index (χ4v) is 3.06. The number of rotatable bonds is 7. The van der Waals surface area contributed by atoms with E-state index in [-0.39, 0.29) is 24.1 Å². The predicted octanol–water partition coefficient (Wildman–Crippen LogP) is 2.72. The highest BCUT2D eigenvalue weighted by Crippen LogP contribution is 2.18. The summed E-state index contributed by atoms with van der Waals surface area (Å²) >= 11 is 0. The van der Waals surface area contributed by atoms with Gasteiger partial charge in [0.05, 0.1) is 17.8 Å². The largest absolute Gasteiger partial charge is 0.354 e. The lowest BCUT2D eigenvalue weighted by atomic mass is 10.1. The lowest BCUT2D eigenvalue weighted by Crippen LogP contribution is -2.35. The Hall–Kier alpha value is -3.48. The molecule has 150 valence electrons. The van der Waals surface area contributed by atoms with E-state index in [1.165, 1.54) is 12.1 Å². The van der Waals surface area contributed by atoms with E-state index in [0.29, 0.717) is 18.7 Å². The summed E-state index contributed by atoms with van der Waals surface area (Å²) in [6, 6.07) is 15.0. The Morgan fingerprint density at radius 1 is 0.966 bits per heavy atom.